The highest BCUT2D eigenvalue weighted by molar-refractivity contribution is 6.32. The molecule has 0 saturated carbocycles. The molecule has 0 aliphatic heterocycles. The first kappa shape index (κ1) is 23.5. The number of pyridine rings is 1. The van der Waals surface area contributed by atoms with Crippen LogP contribution in [0.2, 0.25) is 5.02 Å². The van der Waals surface area contributed by atoms with E-state index in [1.54, 1.807) is 46.8 Å². The molecule has 0 atom stereocenters. The predicted molar refractivity (Wildman–Crippen MR) is 138 cm³/mol. The molecular formula is C26H24ClN7O2. The summed E-state index contributed by atoms with van der Waals surface area (Å²) in [5.41, 5.74) is 5.02. The number of nitrogens with zero attached hydrogens (tertiary/aromatic N) is 6. The summed E-state index contributed by atoms with van der Waals surface area (Å²) in [6, 6.07) is 15.3. The van der Waals surface area contributed by atoms with Gasteiger partial charge in [0.05, 0.1) is 18.7 Å². The Bertz CT molecular complexity index is 1540. The Labute approximate surface area is 212 Å². The molecule has 0 radical (unpaired) electrons. The molecule has 0 fully saturated rings. The van der Waals surface area contributed by atoms with E-state index in [9.17, 15) is 4.79 Å². The molecule has 0 aliphatic carbocycles. The third kappa shape index (κ3) is 4.40. The highest BCUT2D eigenvalue weighted by Crippen LogP contribution is 2.31. The molecule has 0 saturated heterocycles. The summed E-state index contributed by atoms with van der Waals surface area (Å²) in [6.45, 7) is 2.52. The summed E-state index contributed by atoms with van der Waals surface area (Å²) >= 11 is 6.47. The van der Waals surface area contributed by atoms with Crippen LogP contribution in [0.5, 0.6) is 5.75 Å². The lowest BCUT2D eigenvalue weighted by atomic mass is 10.00. The summed E-state index contributed by atoms with van der Waals surface area (Å²) in [4.78, 5) is 17.7. The second-order valence-electron chi connectivity index (χ2n) is 8.25. The lowest BCUT2D eigenvalue weighted by Crippen LogP contribution is -2.25. The molecule has 9 nitrogen and oxygen atoms in total. The molecule has 5 rings (SSSR count). The fraction of sp³-hybridized carbons (Fsp3) is 0.192. The summed E-state index contributed by atoms with van der Waals surface area (Å²) in [5, 5.41) is 14.8. The molecule has 3 heterocycles. The first-order valence-corrected chi connectivity index (χ1v) is 11.9. The third-order valence-corrected chi connectivity index (χ3v) is 6.30. The van der Waals surface area contributed by atoms with E-state index in [1.165, 1.54) is 0 Å². The van der Waals surface area contributed by atoms with E-state index in [0.717, 1.165) is 40.8 Å². The zero-order valence-electron chi connectivity index (χ0n) is 19.8. The minimum absolute atomic E-state index is 0.164. The van der Waals surface area contributed by atoms with Crippen molar-refractivity contribution in [2.24, 2.45) is 0 Å². The molecule has 182 valence electrons. The minimum Gasteiger partial charge on any atom is -0.494 e. The number of benzene rings is 2. The van der Waals surface area contributed by atoms with Gasteiger partial charge in [-0.05, 0) is 46.5 Å². The van der Waals surface area contributed by atoms with E-state index in [-0.39, 0.29) is 5.69 Å². The number of rotatable bonds is 8. The van der Waals surface area contributed by atoms with Crippen LogP contribution in [0.15, 0.2) is 71.9 Å². The van der Waals surface area contributed by atoms with E-state index < -0.39 is 0 Å². The van der Waals surface area contributed by atoms with Gasteiger partial charge in [-0.1, -0.05) is 55.3 Å². The number of aryl methyl sites for hydroxylation is 1. The van der Waals surface area contributed by atoms with E-state index in [0.29, 0.717) is 28.8 Å². The monoisotopic (exact) mass is 501 g/mol. The predicted octanol–water partition coefficient (Wildman–Crippen LogP) is 4.54. The topological polar surface area (TPSA) is 104 Å². The van der Waals surface area contributed by atoms with E-state index in [1.807, 2.05) is 36.5 Å². The van der Waals surface area contributed by atoms with Gasteiger partial charge in [0.1, 0.15) is 11.4 Å². The summed E-state index contributed by atoms with van der Waals surface area (Å²) in [6.07, 6.45) is 6.98. The van der Waals surface area contributed by atoms with Gasteiger partial charge in [0, 0.05) is 29.8 Å². The molecule has 5 aromatic rings. The van der Waals surface area contributed by atoms with Crippen LogP contribution >= 0.6 is 11.6 Å². The molecule has 0 bridgehead atoms. The highest BCUT2D eigenvalue weighted by Gasteiger charge is 2.18. The molecular weight excluding hydrogens is 478 g/mol. The zero-order valence-corrected chi connectivity index (χ0v) is 20.6. The van der Waals surface area contributed by atoms with Crippen molar-refractivity contribution >= 4 is 11.6 Å². The Morgan fingerprint density at radius 2 is 1.92 bits per heavy atom. The average molecular weight is 502 g/mol. The number of imidazole rings is 1. The summed E-state index contributed by atoms with van der Waals surface area (Å²) < 4.78 is 8.85. The fourth-order valence-corrected chi connectivity index (χ4v) is 4.54. The molecule has 0 spiro atoms. The van der Waals surface area contributed by atoms with Crippen molar-refractivity contribution < 1.29 is 4.74 Å². The van der Waals surface area contributed by atoms with Crippen molar-refractivity contribution in [3.8, 4) is 34.0 Å². The number of aromatic amines is 1. The largest absolute Gasteiger partial charge is 0.494 e. The van der Waals surface area contributed by atoms with Crippen LogP contribution in [0.1, 0.15) is 24.6 Å². The van der Waals surface area contributed by atoms with Crippen molar-refractivity contribution in [1.29, 1.82) is 0 Å². The Morgan fingerprint density at radius 1 is 1.08 bits per heavy atom. The van der Waals surface area contributed by atoms with Crippen LogP contribution in [0, 0.1) is 0 Å². The third-order valence-electron chi connectivity index (χ3n) is 5.99. The number of hydrogen-bond acceptors (Lipinski definition) is 6. The highest BCUT2D eigenvalue weighted by atomic mass is 35.5. The van der Waals surface area contributed by atoms with E-state index >= 15 is 0 Å². The van der Waals surface area contributed by atoms with Crippen LogP contribution in [-0.2, 0) is 13.0 Å². The van der Waals surface area contributed by atoms with Crippen molar-refractivity contribution in [2.45, 2.75) is 26.3 Å². The molecule has 3 aromatic heterocycles. The minimum atomic E-state index is -0.164. The summed E-state index contributed by atoms with van der Waals surface area (Å²) in [5.74, 6) is 1.03. The van der Waals surface area contributed by atoms with Gasteiger partial charge in [-0.2, -0.15) is 5.21 Å². The van der Waals surface area contributed by atoms with Gasteiger partial charge in [0.25, 0.3) is 0 Å². The normalized spacial score (nSPS) is 11.1. The lowest BCUT2D eigenvalue weighted by Gasteiger charge is -2.10. The van der Waals surface area contributed by atoms with Gasteiger partial charge in [0.15, 0.2) is 0 Å². The number of methoxy groups -OCH3 is 1. The molecule has 2 aromatic carbocycles. The van der Waals surface area contributed by atoms with Crippen molar-refractivity contribution in [3.63, 3.8) is 0 Å². The number of nitrogens with one attached hydrogen (secondary N) is 1. The fourth-order valence-electron chi connectivity index (χ4n) is 4.28. The maximum atomic E-state index is 13.5. The van der Waals surface area contributed by atoms with Gasteiger partial charge in [-0.15, -0.1) is 10.2 Å². The first-order valence-electron chi connectivity index (χ1n) is 11.5. The molecule has 36 heavy (non-hydrogen) atoms. The number of aromatic nitrogens is 7. The Balaban J connectivity index is 1.50. The van der Waals surface area contributed by atoms with Crippen LogP contribution in [0.4, 0.5) is 0 Å². The number of ether oxygens (including phenoxy) is 1. The number of tetrazole rings is 1. The van der Waals surface area contributed by atoms with Crippen molar-refractivity contribution in [3.05, 3.63) is 93.9 Å². The standard InChI is InChI=1S/C26H24ClN7O2/c1-3-5-19-16-34(24-22(27)6-4-7-23(24)36-2)26(35)33(19)15-17-8-10-18(11-9-17)20-12-13-28-14-21(20)25-29-31-32-30-25/h4,6-14,16H,3,5,15H2,1-2H3,(H,29,30,31,32). The van der Waals surface area contributed by atoms with Gasteiger partial charge < -0.3 is 4.74 Å². The van der Waals surface area contributed by atoms with Crippen LogP contribution in [0.3, 0.4) is 0 Å². The molecule has 1 N–H and O–H groups in total. The van der Waals surface area contributed by atoms with Crippen molar-refractivity contribution in [1.82, 2.24) is 34.7 Å². The SMILES string of the molecule is CCCc1cn(-c2c(Cl)cccc2OC)c(=O)n1Cc1ccc(-c2ccncc2-c2nn[nH]n2)cc1. The lowest BCUT2D eigenvalue weighted by molar-refractivity contribution is 0.412. The van der Waals surface area contributed by atoms with Crippen LogP contribution in [-0.4, -0.2) is 41.9 Å². The molecule has 0 amide bonds. The Kier molecular flexibility index (Phi) is 6.64. The second-order valence-corrected chi connectivity index (χ2v) is 8.66. The second kappa shape index (κ2) is 10.2. The average Bonchev–Trinajstić information content (AvgIpc) is 3.54. The van der Waals surface area contributed by atoms with Gasteiger partial charge in [0.2, 0.25) is 5.82 Å². The number of H-pyrrole nitrogens is 1. The Hall–Kier alpha value is -4.24. The van der Waals surface area contributed by atoms with Gasteiger partial charge in [-0.25, -0.2) is 4.79 Å². The van der Waals surface area contributed by atoms with E-state index in [2.05, 4.69) is 32.5 Å². The zero-order chi connectivity index (χ0) is 25.1. The number of para-hydroxylation sites is 1. The van der Waals surface area contributed by atoms with Crippen LogP contribution in [0.25, 0.3) is 28.2 Å². The van der Waals surface area contributed by atoms with Crippen molar-refractivity contribution in [2.75, 3.05) is 7.11 Å². The first-order chi connectivity index (χ1) is 17.6. The van der Waals surface area contributed by atoms with Gasteiger partial charge in [-0.3, -0.25) is 14.1 Å². The number of hydrogen-bond donors (Lipinski definition) is 1. The summed E-state index contributed by atoms with van der Waals surface area (Å²) in [7, 11) is 1.57. The smallest absolute Gasteiger partial charge is 0.333 e. The molecule has 0 aliphatic rings. The quantitative estimate of drug-likeness (QED) is 0.334. The Morgan fingerprint density at radius 3 is 2.64 bits per heavy atom. The number of halogens is 1. The van der Waals surface area contributed by atoms with E-state index in [4.69, 9.17) is 16.3 Å². The van der Waals surface area contributed by atoms with Crippen LogP contribution < -0.4 is 10.4 Å². The maximum absolute atomic E-state index is 13.5. The molecule has 0 unspecified atom stereocenters. The van der Waals surface area contributed by atoms with Gasteiger partial charge >= 0.3 is 5.69 Å². The maximum Gasteiger partial charge on any atom is 0.333 e. The molecule has 10 heteroatoms.